The number of rotatable bonds is 2. The van der Waals surface area contributed by atoms with Crippen LogP contribution in [0.15, 0.2) is 24.3 Å². The third-order valence-electron chi connectivity index (χ3n) is 4.52. The predicted octanol–water partition coefficient (Wildman–Crippen LogP) is 0.175. The first-order valence-electron chi connectivity index (χ1n) is 7.67. The zero-order chi connectivity index (χ0) is 16.6. The largest absolute Gasteiger partial charge is 0.333 e. The molecule has 0 aliphatic carbocycles. The number of hydrogen-bond donors (Lipinski definition) is 3. The molecule has 0 radical (unpaired) electrons. The van der Waals surface area contributed by atoms with E-state index in [0.29, 0.717) is 17.7 Å². The molecule has 122 valence electrons. The lowest BCUT2D eigenvalue weighted by molar-refractivity contribution is -0.123. The Balaban J connectivity index is 1.81. The van der Waals surface area contributed by atoms with Gasteiger partial charge in [-0.25, -0.2) is 4.79 Å². The van der Waals surface area contributed by atoms with E-state index < -0.39 is 17.5 Å². The highest BCUT2D eigenvalue weighted by Gasteiger charge is 2.43. The molecule has 2 fully saturated rings. The summed E-state index contributed by atoms with van der Waals surface area (Å²) in [6.45, 7) is 5.91. The van der Waals surface area contributed by atoms with Crippen LogP contribution in [0, 0.1) is 0 Å². The number of hydrogen-bond acceptors (Lipinski definition) is 4. The molecule has 4 amide bonds. The first kappa shape index (κ1) is 15.5. The van der Waals surface area contributed by atoms with Crippen LogP contribution in [0.5, 0.6) is 0 Å². The van der Waals surface area contributed by atoms with Gasteiger partial charge < -0.3 is 15.5 Å². The Labute approximate surface area is 134 Å². The monoisotopic (exact) mass is 316 g/mol. The summed E-state index contributed by atoms with van der Waals surface area (Å²) in [7, 11) is 0. The van der Waals surface area contributed by atoms with E-state index in [1.165, 1.54) is 0 Å². The van der Waals surface area contributed by atoms with Crippen molar-refractivity contribution in [2.45, 2.75) is 25.4 Å². The highest BCUT2D eigenvalue weighted by molar-refractivity contribution is 6.07. The molecule has 0 saturated carbocycles. The molecule has 1 aromatic rings. The van der Waals surface area contributed by atoms with Gasteiger partial charge in [0.1, 0.15) is 5.54 Å². The van der Waals surface area contributed by atoms with Gasteiger partial charge in [-0.15, -0.1) is 0 Å². The van der Waals surface area contributed by atoms with Crippen LogP contribution in [0.3, 0.4) is 0 Å². The number of piperazine rings is 1. The molecule has 7 nitrogen and oxygen atoms in total. The van der Waals surface area contributed by atoms with Gasteiger partial charge in [0.2, 0.25) is 0 Å². The van der Waals surface area contributed by atoms with E-state index in [1.54, 1.807) is 31.2 Å². The molecular weight excluding hydrogens is 296 g/mol. The van der Waals surface area contributed by atoms with Crippen LogP contribution in [-0.2, 0) is 10.3 Å². The summed E-state index contributed by atoms with van der Waals surface area (Å²) in [5.74, 6) is -0.409. The minimum Gasteiger partial charge on any atom is -0.333 e. The van der Waals surface area contributed by atoms with Crippen LogP contribution in [0.2, 0.25) is 0 Å². The van der Waals surface area contributed by atoms with E-state index in [1.807, 2.05) is 11.8 Å². The number of carbonyl (C=O) groups is 3. The number of nitrogens with one attached hydrogen (secondary N) is 3. The molecule has 23 heavy (non-hydrogen) atoms. The van der Waals surface area contributed by atoms with Crippen molar-refractivity contribution in [1.82, 2.24) is 20.9 Å². The number of urea groups is 1. The van der Waals surface area contributed by atoms with Crippen LogP contribution < -0.4 is 16.0 Å². The fourth-order valence-electron chi connectivity index (χ4n) is 3.00. The molecule has 1 aromatic carbocycles. The Morgan fingerprint density at radius 2 is 1.96 bits per heavy atom. The number of imide groups is 1. The van der Waals surface area contributed by atoms with Crippen LogP contribution in [0.4, 0.5) is 4.79 Å². The first-order chi connectivity index (χ1) is 10.9. The molecule has 0 aromatic heterocycles. The quantitative estimate of drug-likeness (QED) is 0.679. The minimum atomic E-state index is -1.10. The van der Waals surface area contributed by atoms with Crippen molar-refractivity contribution in [3.05, 3.63) is 35.4 Å². The molecular formula is C16H20N4O3. The van der Waals surface area contributed by atoms with Crippen LogP contribution >= 0.6 is 0 Å². The van der Waals surface area contributed by atoms with Gasteiger partial charge in [-0.1, -0.05) is 12.1 Å². The van der Waals surface area contributed by atoms with Crippen molar-refractivity contribution in [3.8, 4) is 0 Å². The average Bonchev–Trinajstić information content (AvgIpc) is 2.81. The molecule has 2 atom stereocenters. The van der Waals surface area contributed by atoms with Crippen LogP contribution in [-0.4, -0.2) is 48.4 Å². The maximum absolute atomic E-state index is 12.6. The third-order valence-corrected chi connectivity index (χ3v) is 4.52. The second-order valence-corrected chi connectivity index (χ2v) is 6.16. The summed E-state index contributed by atoms with van der Waals surface area (Å²) in [4.78, 5) is 37.7. The molecule has 2 saturated heterocycles. The molecule has 7 heteroatoms. The summed E-state index contributed by atoms with van der Waals surface area (Å²) in [5, 5.41) is 8.09. The Morgan fingerprint density at radius 3 is 2.52 bits per heavy atom. The Morgan fingerprint density at radius 1 is 1.26 bits per heavy atom. The summed E-state index contributed by atoms with van der Waals surface area (Å²) >= 11 is 0. The lowest BCUT2D eigenvalue weighted by Gasteiger charge is -2.34. The molecule has 0 unspecified atom stereocenters. The molecule has 0 bridgehead atoms. The molecule has 2 aliphatic heterocycles. The Hall–Kier alpha value is -2.41. The van der Waals surface area contributed by atoms with Gasteiger partial charge in [0.15, 0.2) is 0 Å². The summed E-state index contributed by atoms with van der Waals surface area (Å²) in [6, 6.07) is 6.47. The van der Waals surface area contributed by atoms with Gasteiger partial charge in [0.25, 0.3) is 11.8 Å². The van der Waals surface area contributed by atoms with Gasteiger partial charge in [0.05, 0.1) is 0 Å². The van der Waals surface area contributed by atoms with E-state index >= 15 is 0 Å². The number of amides is 4. The van der Waals surface area contributed by atoms with Crippen molar-refractivity contribution in [1.29, 1.82) is 0 Å². The standard InChI is InChI=1S/C16H20N4O3/c1-10-9-17-7-8-20(10)13(21)11-3-5-12(6-4-11)16(2)14(22)18-15(23)19-16/h3-6,10,17H,7-9H2,1-2H3,(H2,18,19,22,23)/t10-,16+/m1/s1. The van der Waals surface area contributed by atoms with E-state index in [9.17, 15) is 14.4 Å². The lowest BCUT2D eigenvalue weighted by atomic mass is 9.91. The van der Waals surface area contributed by atoms with Crippen molar-refractivity contribution in [3.63, 3.8) is 0 Å². The van der Waals surface area contributed by atoms with E-state index in [-0.39, 0.29) is 11.9 Å². The fourth-order valence-corrected chi connectivity index (χ4v) is 3.00. The normalized spacial score (nSPS) is 27.6. The summed E-state index contributed by atoms with van der Waals surface area (Å²) in [6.07, 6.45) is 0. The van der Waals surface area contributed by atoms with Gasteiger partial charge in [-0.2, -0.15) is 0 Å². The van der Waals surface area contributed by atoms with Crippen LogP contribution in [0.25, 0.3) is 0 Å². The topological polar surface area (TPSA) is 90.5 Å². The lowest BCUT2D eigenvalue weighted by Crippen LogP contribution is -2.52. The zero-order valence-corrected chi connectivity index (χ0v) is 13.2. The van der Waals surface area contributed by atoms with E-state index in [2.05, 4.69) is 16.0 Å². The highest BCUT2D eigenvalue weighted by Crippen LogP contribution is 2.25. The number of nitrogens with zero attached hydrogens (tertiary/aromatic N) is 1. The Bertz CT molecular complexity index is 658. The SMILES string of the molecule is C[C@@H]1CNCCN1C(=O)c1ccc([C@]2(C)NC(=O)NC2=O)cc1. The zero-order valence-electron chi connectivity index (χ0n) is 13.2. The smallest absolute Gasteiger partial charge is 0.322 e. The maximum atomic E-state index is 12.6. The summed E-state index contributed by atoms with van der Waals surface area (Å²) < 4.78 is 0. The van der Waals surface area contributed by atoms with Crippen molar-refractivity contribution >= 4 is 17.8 Å². The second-order valence-electron chi connectivity index (χ2n) is 6.16. The number of carbonyl (C=O) groups excluding carboxylic acids is 3. The predicted molar refractivity (Wildman–Crippen MR) is 83.8 cm³/mol. The van der Waals surface area contributed by atoms with Gasteiger partial charge >= 0.3 is 6.03 Å². The van der Waals surface area contributed by atoms with Gasteiger partial charge in [-0.3, -0.25) is 14.9 Å². The first-order valence-corrected chi connectivity index (χ1v) is 7.67. The van der Waals surface area contributed by atoms with Crippen LogP contribution in [0.1, 0.15) is 29.8 Å². The minimum absolute atomic E-state index is 0.0180. The van der Waals surface area contributed by atoms with Crippen molar-refractivity contribution in [2.24, 2.45) is 0 Å². The number of benzene rings is 1. The molecule has 0 spiro atoms. The van der Waals surface area contributed by atoms with E-state index in [4.69, 9.17) is 0 Å². The van der Waals surface area contributed by atoms with Gasteiger partial charge in [0, 0.05) is 31.2 Å². The molecule has 2 heterocycles. The van der Waals surface area contributed by atoms with Gasteiger partial charge in [-0.05, 0) is 31.5 Å². The Kier molecular flexibility index (Phi) is 3.81. The molecule has 3 rings (SSSR count). The fraction of sp³-hybridized carbons (Fsp3) is 0.438. The van der Waals surface area contributed by atoms with Crippen molar-refractivity contribution in [2.75, 3.05) is 19.6 Å². The average molecular weight is 316 g/mol. The highest BCUT2D eigenvalue weighted by atomic mass is 16.2. The third kappa shape index (κ3) is 2.68. The van der Waals surface area contributed by atoms with E-state index in [0.717, 1.165) is 13.1 Å². The summed E-state index contributed by atoms with van der Waals surface area (Å²) in [5.41, 5.74) is 0.127. The van der Waals surface area contributed by atoms with Crippen molar-refractivity contribution < 1.29 is 14.4 Å². The second kappa shape index (κ2) is 5.66. The molecule has 2 aliphatic rings. The maximum Gasteiger partial charge on any atom is 0.322 e. The molecule has 3 N–H and O–H groups in total.